The molecule has 50 heavy (non-hydrogen) atoms. The van der Waals surface area contributed by atoms with Gasteiger partial charge in [-0.15, -0.1) is 0 Å². The van der Waals surface area contributed by atoms with Crippen molar-refractivity contribution < 1.29 is 56.3 Å². The van der Waals surface area contributed by atoms with E-state index in [9.17, 15) is 37.4 Å². The van der Waals surface area contributed by atoms with Crippen LogP contribution in [-0.2, 0) is 35.5 Å². The molecule has 0 aliphatic heterocycles. The Balaban J connectivity index is 1.79. The molecule has 2 atom stereocenters. The summed E-state index contributed by atoms with van der Waals surface area (Å²) < 4.78 is 76.9. The van der Waals surface area contributed by atoms with Crippen molar-refractivity contribution in [1.82, 2.24) is 10.6 Å². The van der Waals surface area contributed by atoms with E-state index in [1.54, 1.807) is 0 Å². The molecule has 0 saturated carbocycles. The van der Waals surface area contributed by atoms with Gasteiger partial charge in [0.15, 0.2) is 23.0 Å². The van der Waals surface area contributed by atoms with Gasteiger partial charge in [0.05, 0.1) is 40.3 Å². The van der Waals surface area contributed by atoms with Crippen molar-refractivity contribution in [1.29, 1.82) is 0 Å². The van der Waals surface area contributed by atoms with E-state index in [4.69, 9.17) is 18.9 Å². The molecule has 14 heteroatoms. The number of carbonyl (C=O) groups is 2. The summed E-state index contributed by atoms with van der Waals surface area (Å²) in [6, 6.07) is 11.4. The first-order valence-electron chi connectivity index (χ1n) is 15.2. The lowest BCUT2D eigenvalue weighted by Gasteiger charge is -2.27. The number of phenolic OH excluding ortho intramolecular Hbond substituents is 2. The van der Waals surface area contributed by atoms with Gasteiger partial charge in [-0.25, -0.2) is 17.6 Å². The first-order valence-corrected chi connectivity index (χ1v) is 15.2. The molecule has 0 unspecified atom stereocenters. The second-order valence-electron chi connectivity index (χ2n) is 11.3. The Kier molecular flexibility index (Phi) is 12.4. The van der Waals surface area contributed by atoms with Crippen molar-refractivity contribution >= 4 is 11.8 Å². The second-order valence-corrected chi connectivity index (χ2v) is 11.3. The zero-order chi connectivity index (χ0) is 36.5. The van der Waals surface area contributed by atoms with Gasteiger partial charge in [-0.2, -0.15) is 0 Å². The summed E-state index contributed by atoms with van der Waals surface area (Å²) in [5, 5.41) is 26.3. The summed E-state index contributed by atoms with van der Waals surface area (Å²) in [5.41, 5.74) is 1.04. The molecule has 10 nitrogen and oxygen atoms in total. The summed E-state index contributed by atoms with van der Waals surface area (Å²) in [5.74, 6) is -7.77. The maximum absolute atomic E-state index is 14.1. The molecule has 0 aromatic heterocycles. The summed E-state index contributed by atoms with van der Waals surface area (Å²) in [6.45, 7) is -0.603. The third-order valence-corrected chi connectivity index (χ3v) is 7.93. The van der Waals surface area contributed by atoms with Crippen LogP contribution < -0.4 is 29.6 Å². The predicted octanol–water partition coefficient (Wildman–Crippen LogP) is 5.34. The quantitative estimate of drug-likeness (QED) is 0.122. The smallest absolute Gasteiger partial charge is 0.224 e. The van der Waals surface area contributed by atoms with E-state index >= 15 is 0 Å². The SMILES string of the molecule is COc1cc(C[C@H](C(=O)NCc2cc(F)cc(F)c2)[C@@H](Cc2cc(OC)c(O)c(OC)c2)C(=O)NCc2cc(F)cc(F)c2)cc(OC)c1O. The highest BCUT2D eigenvalue weighted by molar-refractivity contribution is 5.88. The number of halogens is 4. The Morgan fingerprint density at radius 3 is 1.06 bits per heavy atom. The maximum atomic E-state index is 14.1. The standard InChI is InChI=1S/C36H36F4N2O8/c1-47-29-11-19(12-30(48-2)33(29)43)9-27(35(45)41-17-21-5-23(37)15-24(38)6-21)28(10-20-13-31(49-3)34(44)32(14-20)50-4)36(46)42-18-22-7-25(39)16-26(40)8-22/h5-8,11-16,27-28,43-44H,9-10,17-18H2,1-4H3,(H,41,45)(H,42,46)/t27-,28+. The molecule has 4 aromatic carbocycles. The lowest BCUT2D eigenvalue weighted by molar-refractivity contribution is -0.135. The average molecular weight is 701 g/mol. The van der Waals surface area contributed by atoms with E-state index in [2.05, 4.69) is 10.6 Å². The average Bonchev–Trinajstić information content (AvgIpc) is 3.07. The van der Waals surface area contributed by atoms with Crippen LogP contribution in [-0.4, -0.2) is 50.5 Å². The summed E-state index contributed by atoms with van der Waals surface area (Å²) in [4.78, 5) is 28.2. The Hall–Kier alpha value is -5.66. The number of hydrogen-bond acceptors (Lipinski definition) is 8. The normalized spacial score (nSPS) is 12.1. The molecule has 0 aliphatic carbocycles. The molecule has 4 rings (SSSR count). The summed E-state index contributed by atoms with van der Waals surface area (Å²) >= 11 is 0. The number of methoxy groups -OCH3 is 4. The number of aromatic hydroxyl groups is 2. The van der Waals surface area contributed by atoms with Crippen LogP contribution in [0.4, 0.5) is 17.6 Å². The fraction of sp³-hybridized carbons (Fsp3) is 0.278. The van der Waals surface area contributed by atoms with E-state index in [0.29, 0.717) is 23.3 Å². The van der Waals surface area contributed by atoms with Gasteiger partial charge in [0.1, 0.15) is 23.3 Å². The van der Waals surface area contributed by atoms with Gasteiger partial charge in [-0.05, 0) is 83.6 Å². The van der Waals surface area contributed by atoms with Gasteiger partial charge >= 0.3 is 0 Å². The molecule has 266 valence electrons. The maximum Gasteiger partial charge on any atom is 0.224 e. The molecule has 0 heterocycles. The molecule has 0 saturated heterocycles. The van der Waals surface area contributed by atoms with Crippen LogP contribution in [0, 0.1) is 35.1 Å². The lowest BCUT2D eigenvalue weighted by atomic mass is 9.81. The van der Waals surface area contributed by atoms with Crippen LogP contribution in [0.5, 0.6) is 34.5 Å². The Labute approximate surface area is 285 Å². The highest BCUT2D eigenvalue weighted by Gasteiger charge is 2.35. The molecule has 0 aliphatic rings. The van der Waals surface area contributed by atoms with Crippen LogP contribution in [0.15, 0.2) is 60.7 Å². The fourth-order valence-electron chi connectivity index (χ4n) is 5.54. The zero-order valence-electron chi connectivity index (χ0n) is 27.6. The number of ether oxygens (including phenoxy) is 4. The number of hydrogen-bond donors (Lipinski definition) is 4. The molecule has 0 radical (unpaired) electrons. The minimum atomic E-state index is -1.23. The van der Waals surface area contributed by atoms with E-state index in [1.807, 2.05) is 0 Å². The van der Waals surface area contributed by atoms with E-state index < -0.39 is 46.9 Å². The van der Waals surface area contributed by atoms with Crippen LogP contribution >= 0.6 is 0 Å². The highest BCUT2D eigenvalue weighted by Crippen LogP contribution is 2.40. The van der Waals surface area contributed by atoms with Crippen molar-refractivity contribution in [3.8, 4) is 34.5 Å². The molecule has 0 spiro atoms. The Morgan fingerprint density at radius 2 is 0.800 bits per heavy atom. The van der Waals surface area contributed by atoms with E-state index in [1.165, 1.54) is 52.7 Å². The number of rotatable bonds is 15. The second kappa shape index (κ2) is 16.6. The van der Waals surface area contributed by atoms with Gasteiger partial charge in [0.25, 0.3) is 0 Å². The Morgan fingerprint density at radius 1 is 0.520 bits per heavy atom. The Bertz CT molecular complexity index is 1630. The lowest BCUT2D eigenvalue weighted by Crippen LogP contribution is -2.44. The van der Waals surface area contributed by atoms with Crippen molar-refractivity contribution in [3.05, 3.63) is 106 Å². The molecular weight excluding hydrogens is 664 g/mol. The van der Waals surface area contributed by atoms with Gasteiger partial charge in [0, 0.05) is 25.2 Å². The first kappa shape index (κ1) is 37.2. The minimum absolute atomic E-state index is 0.0240. The third kappa shape index (κ3) is 9.27. The largest absolute Gasteiger partial charge is 0.502 e. The summed E-state index contributed by atoms with van der Waals surface area (Å²) in [7, 11) is 5.27. The summed E-state index contributed by atoms with van der Waals surface area (Å²) in [6.07, 6.45) is -0.315. The first-order chi connectivity index (χ1) is 23.8. The topological polar surface area (TPSA) is 136 Å². The van der Waals surface area contributed by atoms with Crippen molar-refractivity contribution in [3.63, 3.8) is 0 Å². The number of carbonyl (C=O) groups excluding carboxylic acids is 2. The van der Waals surface area contributed by atoms with E-state index in [0.717, 1.165) is 24.3 Å². The van der Waals surface area contributed by atoms with Crippen molar-refractivity contribution in [2.24, 2.45) is 11.8 Å². The van der Waals surface area contributed by atoms with Crippen LogP contribution in [0.25, 0.3) is 0 Å². The fourth-order valence-corrected chi connectivity index (χ4v) is 5.54. The molecule has 0 fully saturated rings. The van der Waals surface area contributed by atoms with Crippen molar-refractivity contribution in [2.75, 3.05) is 28.4 Å². The van der Waals surface area contributed by atoms with Gasteiger partial charge < -0.3 is 39.8 Å². The molecular formula is C36H36F4N2O8. The molecule has 0 bridgehead atoms. The zero-order valence-corrected chi connectivity index (χ0v) is 27.6. The molecule has 2 amide bonds. The van der Waals surface area contributed by atoms with Crippen molar-refractivity contribution in [2.45, 2.75) is 25.9 Å². The van der Waals surface area contributed by atoms with E-state index in [-0.39, 0.29) is 71.6 Å². The van der Waals surface area contributed by atoms with Gasteiger partial charge in [-0.3, -0.25) is 9.59 Å². The van der Waals surface area contributed by atoms with Gasteiger partial charge in [-0.1, -0.05) is 0 Å². The predicted molar refractivity (Wildman–Crippen MR) is 173 cm³/mol. The number of nitrogens with one attached hydrogen (secondary N) is 2. The van der Waals surface area contributed by atoms with Crippen LogP contribution in [0.3, 0.4) is 0 Å². The molecule has 4 N–H and O–H groups in total. The minimum Gasteiger partial charge on any atom is -0.502 e. The molecule has 4 aromatic rings. The number of benzene rings is 4. The number of phenols is 2. The third-order valence-electron chi connectivity index (χ3n) is 7.93. The number of amides is 2. The monoisotopic (exact) mass is 700 g/mol. The van der Waals surface area contributed by atoms with Crippen LogP contribution in [0.2, 0.25) is 0 Å². The highest BCUT2D eigenvalue weighted by atomic mass is 19.1. The van der Waals surface area contributed by atoms with Crippen LogP contribution in [0.1, 0.15) is 22.3 Å². The van der Waals surface area contributed by atoms with Gasteiger partial charge in [0.2, 0.25) is 23.3 Å².